The molecule has 1 aromatic heterocycles. The van der Waals surface area contributed by atoms with Crippen molar-refractivity contribution in [2.75, 3.05) is 13.2 Å². The van der Waals surface area contributed by atoms with Crippen LogP contribution in [0.25, 0.3) is 10.9 Å². The third-order valence-electron chi connectivity index (χ3n) is 8.54. The van der Waals surface area contributed by atoms with Gasteiger partial charge in [0.15, 0.2) is 0 Å². The molecule has 0 aliphatic rings. The third kappa shape index (κ3) is 13.6. The molecule has 0 radical (unpaired) electrons. The molecule has 0 saturated heterocycles. The summed E-state index contributed by atoms with van der Waals surface area (Å²) in [4.78, 5) is 39.6. The van der Waals surface area contributed by atoms with Gasteiger partial charge in [0.2, 0.25) is 11.8 Å². The van der Waals surface area contributed by atoms with Gasteiger partial charge in [-0.2, -0.15) is 0 Å². The second kappa shape index (κ2) is 20.9. The van der Waals surface area contributed by atoms with Crippen molar-refractivity contribution >= 4 is 42.1 Å². The highest BCUT2D eigenvalue weighted by Crippen LogP contribution is 2.45. The molecule has 270 valence electrons. The van der Waals surface area contributed by atoms with Gasteiger partial charge < -0.3 is 25.9 Å². The number of para-hydroxylation sites is 2. The largest absolute Gasteiger partial charge is 0.527 e. The Balaban J connectivity index is 1.08. The van der Waals surface area contributed by atoms with E-state index in [0.717, 1.165) is 79.8 Å². The molecule has 1 unspecified atom stereocenters. The van der Waals surface area contributed by atoms with E-state index in [0.29, 0.717) is 25.8 Å². The quantitative estimate of drug-likeness (QED) is 0.0389. The first kappa shape index (κ1) is 39.1. The number of amides is 2. The number of aromatic nitrogens is 1. The van der Waals surface area contributed by atoms with E-state index in [1.165, 1.54) is 6.07 Å². The van der Waals surface area contributed by atoms with Crippen molar-refractivity contribution in [3.05, 3.63) is 101 Å². The van der Waals surface area contributed by atoms with E-state index in [-0.39, 0.29) is 29.2 Å². The molecule has 0 aliphatic carbocycles. The Morgan fingerprint density at radius 2 is 1.42 bits per heavy atom. The standard InChI is InChI=1S/C38H50ClN4O6P/c39-32-21-13-15-23-36(32)49-50(46,47)48-25-17-8-6-4-2-1-3-5-7-16-24-41-38(45)35(27-30-28-42-34-22-14-12-20-31(30)34)43-37(44)33(40)26-29-18-10-9-11-19-29/h9-15,18-23,28,33,35,42H,1-8,16-17,24-27,40H2,(H,41,45)(H,43,44)(H,46,47)/t33-,35+/m0/s1. The summed E-state index contributed by atoms with van der Waals surface area (Å²) in [6.07, 6.45) is 12.7. The number of benzene rings is 3. The van der Waals surface area contributed by atoms with Gasteiger partial charge in [0.1, 0.15) is 11.8 Å². The molecule has 0 bridgehead atoms. The fraction of sp³-hybridized carbons (Fsp3) is 0.421. The van der Waals surface area contributed by atoms with Crippen molar-refractivity contribution in [2.45, 2.75) is 89.1 Å². The zero-order valence-electron chi connectivity index (χ0n) is 28.5. The minimum Gasteiger partial charge on any atom is -0.403 e. The monoisotopic (exact) mass is 724 g/mol. The number of carbonyl (C=O) groups excluding carboxylic acids is 2. The average molecular weight is 725 g/mol. The number of fused-ring (bicyclic) bond motifs is 1. The molecule has 0 spiro atoms. The van der Waals surface area contributed by atoms with Crippen LogP contribution in [0.5, 0.6) is 5.75 Å². The number of nitrogens with one attached hydrogen (secondary N) is 3. The molecule has 0 fully saturated rings. The summed E-state index contributed by atoms with van der Waals surface area (Å²) in [6.45, 7) is 0.689. The van der Waals surface area contributed by atoms with Gasteiger partial charge in [0.05, 0.1) is 17.7 Å². The Morgan fingerprint density at radius 1 is 0.800 bits per heavy atom. The van der Waals surface area contributed by atoms with Crippen LogP contribution in [0.15, 0.2) is 85.1 Å². The van der Waals surface area contributed by atoms with Gasteiger partial charge in [-0.05, 0) is 48.6 Å². The second-order valence-electron chi connectivity index (χ2n) is 12.6. The molecule has 10 nitrogen and oxygen atoms in total. The summed E-state index contributed by atoms with van der Waals surface area (Å²) in [6, 6.07) is 22.5. The van der Waals surface area contributed by atoms with E-state index in [9.17, 15) is 19.0 Å². The molecule has 0 aliphatic heterocycles. The molecular formula is C38H50ClN4O6P. The molecule has 50 heavy (non-hydrogen) atoms. The normalized spacial score (nSPS) is 13.7. The first-order chi connectivity index (χ1) is 24.2. The van der Waals surface area contributed by atoms with Crippen LogP contribution >= 0.6 is 19.4 Å². The highest BCUT2D eigenvalue weighted by molar-refractivity contribution is 7.47. The van der Waals surface area contributed by atoms with Crippen LogP contribution in [-0.4, -0.2) is 46.9 Å². The number of H-pyrrole nitrogens is 1. The van der Waals surface area contributed by atoms with Crippen molar-refractivity contribution < 1.29 is 28.1 Å². The van der Waals surface area contributed by atoms with Crippen molar-refractivity contribution in [1.29, 1.82) is 0 Å². The summed E-state index contributed by atoms with van der Waals surface area (Å²) < 4.78 is 22.2. The Labute approximate surface area is 300 Å². The maximum absolute atomic E-state index is 13.3. The van der Waals surface area contributed by atoms with Crippen LogP contribution in [0.1, 0.15) is 75.3 Å². The predicted molar refractivity (Wildman–Crippen MR) is 199 cm³/mol. The first-order valence-corrected chi connectivity index (χ1v) is 19.4. The van der Waals surface area contributed by atoms with Gasteiger partial charge in [-0.1, -0.05) is 124 Å². The minimum absolute atomic E-state index is 0.122. The lowest BCUT2D eigenvalue weighted by Crippen LogP contribution is -2.53. The van der Waals surface area contributed by atoms with Gasteiger partial charge in [-0.15, -0.1) is 0 Å². The molecule has 3 atom stereocenters. The lowest BCUT2D eigenvalue weighted by Gasteiger charge is -2.21. The lowest BCUT2D eigenvalue weighted by atomic mass is 10.0. The number of hydrogen-bond donors (Lipinski definition) is 5. The van der Waals surface area contributed by atoms with Gasteiger partial charge in [-0.3, -0.25) is 19.0 Å². The number of halogens is 1. The van der Waals surface area contributed by atoms with E-state index in [1.807, 2.05) is 60.8 Å². The molecule has 2 amide bonds. The first-order valence-electron chi connectivity index (χ1n) is 17.6. The highest BCUT2D eigenvalue weighted by atomic mass is 35.5. The van der Waals surface area contributed by atoms with Gasteiger partial charge >= 0.3 is 7.82 Å². The lowest BCUT2D eigenvalue weighted by molar-refractivity contribution is -0.129. The van der Waals surface area contributed by atoms with Crippen LogP contribution in [0.3, 0.4) is 0 Å². The molecule has 12 heteroatoms. The SMILES string of the molecule is N[C@@H](Cc1ccccc1)C(=O)N[C@H](Cc1c[nH]c2ccccc12)C(=O)NCCCCCCCCCCCCOP(=O)(O)Oc1ccccc1Cl. The van der Waals surface area contributed by atoms with E-state index in [4.69, 9.17) is 26.4 Å². The van der Waals surface area contributed by atoms with Gasteiger partial charge in [0.25, 0.3) is 0 Å². The number of hydrogen-bond acceptors (Lipinski definition) is 6. The molecule has 1 heterocycles. The number of phosphoric acid groups is 1. The maximum Gasteiger partial charge on any atom is 0.527 e. The average Bonchev–Trinajstić information content (AvgIpc) is 3.52. The van der Waals surface area contributed by atoms with E-state index in [1.54, 1.807) is 18.2 Å². The third-order valence-corrected chi connectivity index (χ3v) is 9.79. The zero-order chi connectivity index (χ0) is 35.6. The number of rotatable bonds is 23. The van der Waals surface area contributed by atoms with E-state index in [2.05, 4.69) is 15.6 Å². The Hall–Kier alpha value is -3.66. The number of unbranched alkanes of at least 4 members (excludes halogenated alkanes) is 9. The van der Waals surface area contributed by atoms with Crippen LogP contribution < -0.4 is 20.9 Å². The molecular weight excluding hydrogens is 675 g/mol. The smallest absolute Gasteiger partial charge is 0.403 e. The summed E-state index contributed by atoms with van der Waals surface area (Å²) in [5, 5.41) is 7.23. The second-order valence-corrected chi connectivity index (χ2v) is 14.4. The Bertz CT molecular complexity index is 1670. The summed E-state index contributed by atoms with van der Waals surface area (Å²) >= 11 is 5.97. The molecule has 4 aromatic rings. The Morgan fingerprint density at radius 3 is 2.14 bits per heavy atom. The van der Waals surface area contributed by atoms with Crippen molar-refractivity contribution in [3.63, 3.8) is 0 Å². The maximum atomic E-state index is 13.3. The van der Waals surface area contributed by atoms with E-state index < -0.39 is 19.9 Å². The van der Waals surface area contributed by atoms with Crippen molar-refractivity contribution in [3.8, 4) is 5.75 Å². The molecule has 0 saturated carbocycles. The number of phosphoric ester groups is 1. The van der Waals surface area contributed by atoms with Crippen molar-refractivity contribution in [2.24, 2.45) is 5.73 Å². The van der Waals surface area contributed by atoms with Crippen LogP contribution in [0.2, 0.25) is 5.02 Å². The van der Waals surface area contributed by atoms with Gasteiger partial charge in [-0.25, -0.2) is 4.57 Å². The zero-order valence-corrected chi connectivity index (χ0v) is 30.2. The summed E-state index contributed by atoms with van der Waals surface area (Å²) in [5.74, 6) is -0.440. The van der Waals surface area contributed by atoms with Crippen molar-refractivity contribution in [1.82, 2.24) is 15.6 Å². The Kier molecular flexibility index (Phi) is 16.3. The fourth-order valence-electron chi connectivity index (χ4n) is 5.79. The fourth-order valence-corrected chi connectivity index (χ4v) is 6.84. The number of nitrogens with two attached hydrogens (primary N) is 1. The van der Waals surface area contributed by atoms with Gasteiger partial charge in [0, 0.05) is 30.1 Å². The van der Waals surface area contributed by atoms with Crippen LogP contribution in [-0.2, 0) is 31.5 Å². The molecule has 3 aromatic carbocycles. The topological polar surface area (TPSA) is 156 Å². The summed E-state index contributed by atoms with van der Waals surface area (Å²) in [5.41, 5.74) is 9.15. The minimum atomic E-state index is -4.21. The predicted octanol–water partition coefficient (Wildman–Crippen LogP) is 7.63. The van der Waals surface area contributed by atoms with Crippen LogP contribution in [0, 0.1) is 0 Å². The van der Waals surface area contributed by atoms with E-state index >= 15 is 0 Å². The summed E-state index contributed by atoms with van der Waals surface area (Å²) in [7, 11) is -4.21. The number of aromatic amines is 1. The number of carbonyl (C=O) groups is 2. The molecule has 6 N–H and O–H groups in total. The molecule has 4 rings (SSSR count). The van der Waals surface area contributed by atoms with Crippen LogP contribution in [0.4, 0.5) is 0 Å². The highest BCUT2D eigenvalue weighted by Gasteiger charge is 2.26.